The maximum Gasteiger partial charge on any atom is 0.167 e. The lowest BCUT2D eigenvalue weighted by Gasteiger charge is -2.06. The van der Waals surface area contributed by atoms with Gasteiger partial charge in [0.1, 0.15) is 5.82 Å². The fourth-order valence-corrected chi connectivity index (χ4v) is 1.92. The standard InChI is InChI=1S/C16H15FO/c1-11-4-3-5-13(8-11)16(18)10-14-9-15(17)7-6-12(14)2/h3-9H,10H2,1-2H3. The Balaban J connectivity index is 2.24. The number of hydrogen-bond donors (Lipinski definition) is 0. The molecule has 0 aliphatic heterocycles. The van der Waals surface area contributed by atoms with Crippen molar-refractivity contribution in [1.29, 1.82) is 0 Å². The summed E-state index contributed by atoms with van der Waals surface area (Å²) < 4.78 is 13.2. The first kappa shape index (κ1) is 12.5. The van der Waals surface area contributed by atoms with E-state index in [4.69, 9.17) is 0 Å². The fourth-order valence-electron chi connectivity index (χ4n) is 1.92. The number of hydrogen-bond acceptors (Lipinski definition) is 1. The van der Waals surface area contributed by atoms with Crippen LogP contribution in [0.4, 0.5) is 4.39 Å². The molecular formula is C16H15FO. The van der Waals surface area contributed by atoms with E-state index in [9.17, 15) is 9.18 Å². The Hall–Kier alpha value is -1.96. The minimum Gasteiger partial charge on any atom is -0.294 e. The van der Waals surface area contributed by atoms with Crippen LogP contribution in [-0.2, 0) is 6.42 Å². The summed E-state index contributed by atoms with van der Waals surface area (Å²) in [5, 5.41) is 0. The van der Waals surface area contributed by atoms with Gasteiger partial charge in [0.15, 0.2) is 5.78 Å². The van der Waals surface area contributed by atoms with Crippen LogP contribution < -0.4 is 0 Å². The zero-order valence-corrected chi connectivity index (χ0v) is 10.5. The topological polar surface area (TPSA) is 17.1 Å². The third-order valence-corrected chi connectivity index (χ3v) is 3.00. The lowest BCUT2D eigenvalue weighted by Crippen LogP contribution is -2.05. The van der Waals surface area contributed by atoms with Crippen LogP contribution in [0.3, 0.4) is 0 Å². The number of rotatable bonds is 3. The third-order valence-electron chi connectivity index (χ3n) is 3.00. The minimum atomic E-state index is -0.298. The van der Waals surface area contributed by atoms with Crippen molar-refractivity contribution < 1.29 is 9.18 Å². The molecule has 2 aromatic carbocycles. The molecule has 0 aromatic heterocycles. The molecule has 92 valence electrons. The van der Waals surface area contributed by atoms with Crippen LogP contribution in [0, 0.1) is 19.7 Å². The lowest BCUT2D eigenvalue weighted by molar-refractivity contribution is 0.0992. The van der Waals surface area contributed by atoms with Crippen molar-refractivity contribution in [3.63, 3.8) is 0 Å². The number of ketones is 1. The summed E-state index contributed by atoms with van der Waals surface area (Å²) in [4.78, 5) is 12.1. The molecule has 0 aliphatic carbocycles. The van der Waals surface area contributed by atoms with Crippen molar-refractivity contribution in [3.8, 4) is 0 Å². The van der Waals surface area contributed by atoms with Crippen molar-refractivity contribution in [2.24, 2.45) is 0 Å². The summed E-state index contributed by atoms with van der Waals surface area (Å²) in [7, 11) is 0. The monoisotopic (exact) mass is 242 g/mol. The van der Waals surface area contributed by atoms with E-state index in [0.717, 1.165) is 16.7 Å². The smallest absolute Gasteiger partial charge is 0.167 e. The van der Waals surface area contributed by atoms with Gasteiger partial charge in [0.05, 0.1) is 0 Å². The zero-order chi connectivity index (χ0) is 13.1. The van der Waals surface area contributed by atoms with Crippen LogP contribution in [0.1, 0.15) is 27.0 Å². The highest BCUT2D eigenvalue weighted by Gasteiger charge is 2.09. The molecule has 2 aromatic rings. The second-order valence-electron chi connectivity index (χ2n) is 4.54. The molecule has 18 heavy (non-hydrogen) atoms. The first-order valence-electron chi connectivity index (χ1n) is 5.91. The molecule has 0 bridgehead atoms. The van der Waals surface area contributed by atoms with Crippen molar-refractivity contribution in [3.05, 3.63) is 70.5 Å². The third kappa shape index (κ3) is 2.83. The summed E-state index contributed by atoms with van der Waals surface area (Å²) >= 11 is 0. The molecule has 0 radical (unpaired) electrons. The molecule has 0 atom stereocenters. The average molecular weight is 242 g/mol. The molecule has 0 fully saturated rings. The van der Waals surface area contributed by atoms with Gasteiger partial charge in [0, 0.05) is 12.0 Å². The molecule has 1 nitrogen and oxygen atoms in total. The average Bonchev–Trinajstić information content (AvgIpc) is 2.34. The van der Waals surface area contributed by atoms with Crippen LogP contribution >= 0.6 is 0 Å². The molecule has 0 aliphatic rings. The molecule has 0 saturated heterocycles. The molecule has 0 saturated carbocycles. The molecule has 0 unspecified atom stereocenters. The number of carbonyl (C=O) groups is 1. The van der Waals surface area contributed by atoms with Gasteiger partial charge in [0.2, 0.25) is 0 Å². The van der Waals surface area contributed by atoms with Gasteiger partial charge in [0.25, 0.3) is 0 Å². The normalized spacial score (nSPS) is 10.4. The van der Waals surface area contributed by atoms with Crippen LogP contribution in [0.2, 0.25) is 0 Å². The van der Waals surface area contributed by atoms with E-state index in [0.29, 0.717) is 5.56 Å². The Bertz CT molecular complexity index is 587. The molecule has 0 spiro atoms. The van der Waals surface area contributed by atoms with E-state index >= 15 is 0 Å². The molecule has 0 amide bonds. The molecule has 0 heterocycles. The van der Waals surface area contributed by atoms with Gasteiger partial charge in [-0.25, -0.2) is 4.39 Å². The molecule has 0 N–H and O–H groups in total. The number of halogens is 1. The van der Waals surface area contributed by atoms with Gasteiger partial charge in [-0.05, 0) is 43.2 Å². The first-order valence-corrected chi connectivity index (χ1v) is 5.91. The van der Waals surface area contributed by atoms with Gasteiger partial charge in [-0.1, -0.05) is 29.8 Å². The second kappa shape index (κ2) is 5.13. The van der Waals surface area contributed by atoms with Crippen molar-refractivity contribution >= 4 is 5.78 Å². The predicted octanol–water partition coefficient (Wildman–Crippen LogP) is 3.87. The Labute approximate surface area is 106 Å². The quantitative estimate of drug-likeness (QED) is 0.747. The molecular weight excluding hydrogens is 227 g/mol. The van der Waals surface area contributed by atoms with E-state index in [1.54, 1.807) is 12.1 Å². The Kier molecular flexibility index (Phi) is 3.56. The van der Waals surface area contributed by atoms with Gasteiger partial charge in [-0.15, -0.1) is 0 Å². The fraction of sp³-hybridized carbons (Fsp3) is 0.188. The highest BCUT2D eigenvalue weighted by Crippen LogP contribution is 2.14. The second-order valence-corrected chi connectivity index (χ2v) is 4.54. The van der Waals surface area contributed by atoms with Crippen LogP contribution in [-0.4, -0.2) is 5.78 Å². The van der Waals surface area contributed by atoms with E-state index in [1.807, 2.05) is 32.0 Å². The van der Waals surface area contributed by atoms with Crippen molar-refractivity contribution in [2.45, 2.75) is 20.3 Å². The first-order chi connectivity index (χ1) is 8.56. The zero-order valence-electron chi connectivity index (χ0n) is 10.5. The van der Waals surface area contributed by atoms with E-state index in [-0.39, 0.29) is 18.0 Å². The Morgan fingerprint density at radius 3 is 2.61 bits per heavy atom. The maximum absolute atomic E-state index is 13.2. The maximum atomic E-state index is 13.2. The largest absolute Gasteiger partial charge is 0.294 e. The number of Topliss-reactive ketones (excluding diaryl/α,β-unsaturated/α-hetero) is 1. The molecule has 2 rings (SSSR count). The van der Waals surface area contributed by atoms with Gasteiger partial charge < -0.3 is 0 Å². The van der Waals surface area contributed by atoms with E-state index < -0.39 is 0 Å². The summed E-state index contributed by atoms with van der Waals surface area (Å²) in [6, 6.07) is 12.0. The van der Waals surface area contributed by atoms with Gasteiger partial charge in [-0.2, -0.15) is 0 Å². The van der Waals surface area contributed by atoms with E-state index in [2.05, 4.69) is 0 Å². The SMILES string of the molecule is Cc1cccc(C(=O)Cc2cc(F)ccc2C)c1. The predicted molar refractivity (Wildman–Crippen MR) is 70.4 cm³/mol. The Morgan fingerprint density at radius 2 is 1.89 bits per heavy atom. The van der Waals surface area contributed by atoms with Crippen LogP contribution in [0.25, 0.3) is 0 Å². The number of benzene rings is 2. The van der Waals surface area contributed by atoms with Crippen LogP contribution in [0.15, 0.2) is 42.5 Å². The van der Waals surface area contributed by atoms with Gasteiger partial charge >= 0.3 is 0 Å². The van der Waals surface area contributed by atoms with Crippen molar-refractivity contribution in [2.75, 3.05) is 0 Å². The summed E-state index contributed by atoms with van der Waals surface area (Å²) in [6.45, 7) is 3.84. The number of carbonyl (C=O) groups excluding carboxylic acids is 1. The van der Waals surface area contributed by atoms with Gasteiger partial charge in [-0.3, -0.25) is 4.79 Å². The summed E-state index contributed by atoms with van der Waals surface area (Å²) in [6.07, 6.45) is 0.243. The highest BCUT2D eigenvalue weighted by atomic mass is 19.1. The summed E-state index contributed by atoms with van der Waals surface area (Å²) in [5.41, 5.74) is 3.43. The Morgan fingerprint density at radius 1 is 1.11 bits per heavy atom. The molecule has 2 heteroatoms. The summed E-state index contributed by atoms with van der Waals surface area (Å²) in [5.74, 6) is -0.278. The number of aryl methyl sites for hydroxylation is 2. The van der Waals surface area contributed by atoms with Crippen LogP contribution in [0.5, 0.6) is 0 Å². The van der Waals surface area contributed by atoms with E-state index in [1.165, 1.54) is 12.1 Å². The minimum absolute atomic E-state index is 0.0207. The lowest BCUT2D eigenvalue weighted by atomic mass is 9.98. The highest BCUT2D eigenvalue weighted by molar-refractivity contribution is 5.97. The van der Waals surface area contributed by atoms with Crippen molar-refractivity contribution in [1.82, 2.24) is 0 Å².